The Kier molecular flexibility index (Phi) is 4.98. The van der Waals surface area contributed by atoms with Crippen molar-refractivity contribution in [2.24, 2.45) is 0 Å². The van der Waals surface area contributed by atoms with Gasteiger partial charge in [0, 0.05) is 0 Å². The molecule has 0 unspecified atom stereocenters. The first-order valence-electron chi connectivity index (χ1n) is 4.75. The van der Waals surface area contributed by atoms with Crippen molar-refractivity contribution in [2.75, 3.05) is 12.9 Å². The lowest BCUT2D eigenvalue weighted by atomic mass is 10.2. The Hall–Kier alpha value is -1.22. The number of benzene rings is 1. The van der Waals surface area contributed by atoms with E-state index in [9.17, 15) is 4.79 Å². The van der Waals surface area contributed by atoms with Crippen LogP contribution in [0.5, 0.6) is 5.75 Å². The predicted molar refractivity (Wildman–Crippen MR) is 65.2 cm³/mol. The summed E-state index contributed by atoms with van der Waals surface area (Å²) in [5, 5.41) is 0.0836. The van der Waals surface area contributed by atoms with Crippen LogP contribution in [0.1, 0.15) is 12.5 Å². The summed E-state index contributed by atoms with van der Waals surface area (Å²) in [6.07, 6.45) is 3.39. The molecule has 0 radical (unpaired) electrons. The van der Waals surface area contributed by atoms with Gasteiger partial charge < -0.3 is 4.74 Å². The lowest BCUT2D eigenvalue weighted by molar-refractivity contribution is -0.106. The summed E-state index contributed by atoms with van der Waals surface area (Å²) in [6, 6.07) is 7.60. The molecule has 1 aromatic rings. The minimum absolute atomic E-state index is 0.0836. The third kappa shape index (κ3) is 4.21. The normalized spacial score (nSPS) is 10.5. The third-order valence-corrected chi connectivity index (χ3v) is 2.50. The van der Waals surface area contributed by atoms with E-state index in [0.29, 0.717) is 0 Å². The van der Waals surface area contributed by atoms with Crippen molar-refractivity contribution >= 4 is 23.0 Å². The Bertz CT molecular complexity index is 358. The van der Waals surface area contributed by atoms with Crippen molar-refractivity contribution in [2.45, 2.75) is 6.92 Å². The van der Waals surface area contributed by atoms with Crippen LogP contribution in [0.15, 0.2) is 30.3 Å². The molecule has 15 heavy (non-hydrogen) atoms. The number of carbonyl (C=O) groups excluding carboxylic acids is 1. The summed E-state index contributed by atoms with van der Waals surface area (Å²) < 4.78 is 5.09. The molecular weight excluding hydrogens is 208 g/mol. The van der Waals surface area contributed by atoms with E-state index in [1.165, 1.54) is 11.8 Å². The number of hydrogen-bond donors (Lipinski definition) is 0. The second-order valence-corrected chi connectivity index (χ2v) is 4.13. The fourth-order valence-electron chi connectivity index (χ4n) is 1.10. The quantitative estimate of drug-likeness (QED) is 0.733. The Morgan fingerprint density at radius 3 is 3.00 bits per heavy atom. The van der Waals surface area contributed by atoms with Gasteiger partial charge in [-0.3, -0.25) is 4.79 Å². The zero-order valence-electron chi connectivity index (χ0n) is 8.90. The lowest BCUT2D eigenvalue weighted by Gasteiger charge is -1.99. The summed E-state index contributed by atoms with van der Waals surface area (Å²) in [5.41, 5.74) is 0.972. The van der Waals surface area contributed by atoms with Gasteiger partial charge in [0.05, 0.1) is 7.11 Å². The maximum absolute atomic E-state index is 11.2. The van der Waals surface area contributed by atoms with Crippen molar-refractivity contribution in [1.82, 2.24) is 0 Å². The van der Waals surface area contributed by atoms with Gasteiger partial charge in [0.25, 0.3) is 0 Å². The largest absolute Gasteiger partial charge is 0.497 e. The molecule has 0 spiro atoms. The van der Waals surface area contributed by atoms with E-state index in [4.69, 9.17) is 4.74 Å². The summed E-state index contributed by atoms with van der Waals surface area (Å²) in [5.74, 6) is 1.61. The predicted octanol–water partition coefficient (Wildman–Crippen LogP) is 2.99. The van der Waals surface area contributed by atoms with Gasteiger partial charge in [-0.25, -0.2) is 0 Å². The molecule has 3 heteroatoms. The van der Waals surface area contributed by atoms with Crippen molar-refractivity contribution in [3.05, 3.63) is 35.9 Å². The molecule has 0 bridgehead atoms. The smallest absolute Gasteiger partial charge is 0.212 e. The number of rotatable bonds is 4. The average molecular weight is 222 g/mol. The van der Waals surface area contributed by atoms with Crippen LogP contribution in [0.2, 0.25) is 0 Å². The SMILES string of the molecule is CCSC(=O)/C=C/c1cccc(OC)c1. The number of carbonyl (C=O) groups is 1. The van der Waals surface area contributed by atoms with Gasteiger partial charge in [0.1, 0.15) is 5.75 Å². The first-order valence-corrected chi connectivity index (χ1v) is 5.73. The van der Waals surface area contributed by atoms with Crippen LogP contribution in [-0.2, 0) is 4.79 Å². The van der Waals surface area contributed by atoms with Crippen LogP contribution in [-0.4, -0.2) is 18.0 Å². The highest BCUT2D eigenvalue weighted by Crippen LogP contribution is 2.14. The Labute approximate surface area is 94.3 Å². The fourth-order valence-corrected chi connectivity index (χ4v) is 1.55. The van der Waals surface area contributed by atoms with E-state index in [0.717, 1.165) is 17.1 Å². The number of thioether (sulfide) groups is 1. The summed E-state index contributed by atoms with van der Waals surface area (Å²) >= 11 is 1.30. The van der Waals surface area contributed by atoms with Crippen LogP contribution in [0.3, 0.4) is 0 Å². The molecular formula is C12H14O2S. The van der Waals surface area contributed by atoms with Crippen LogP contribution in [0, 0.1) is 0 Å². The molecule has 80 valence electrons. The molecule has 0 heterocycles. The molecule has 0 aromatic heterocycles. The van der Waals surface area contributed by atoms with Crippen LogP contribution in [0.25, 0.3) is 6.08 Å². The summed E-state index contributed by atoms with van der Waals surface area (Å²) in [6.45, 7) is 1.96. The Morgan fingerprint density at radius 1 is 1.53 bits per heavy atom. The van der Waals surface area contributed by atoms with E-state index in [-0.39, 0.29) is 5.12 Å². The van der Waals surface area contributed by atoms with Gasteiger partial charge in [-0.2, -0.15) is 0 Å². The highest BCUT2D eigenvalue weighted by molar-refractivity contribution is 8.14. The molecule has 0 atom stereocenters. The highest BCUT2D eigenvalue weighted by Gasteiger charge is 1.95. The molecule has 0 N–H and O–H groups in total. The topological polar surface area (TPSA) is 26.3 Å². The molecule has 0 aliphatic heterocycles. The van der Waals surface area contributed by atoms with E-state index in [1.807, 2.05) is 31.2 Å². The number of ether oxygens (including phenoxy) is 1. The summed E-state index contributed by atoms with van der Waals surface area (Å²) in [7, 11) is 1.63. The minimum atomic E-state index is 0.0836. The third-order valence-electron chi connectivity index (χ3n) is 1.79. The molecule has 0 aliphatic carbocycles. The maximum Gasteiger partial charge on any atom is 0.212 e. The minimum Gasteiger partial charge on any atom is -0.497 e. The van der Waals surface area contributed by atoms with Crippen molar-refractivity contribution in [3.63, 3.8) is 0 Å². The number of methoxy groups -OCH3 is 1. The Balaban J connectivity index is 2.67. The van der Waals surface area contributed by atoms with Gasteiger partial charge in [-0.15, -0.1) is 0 Å². The standard InChI is InChI=1S/C12H14O2S/c1-3-15-12(13)8-7-10-5-4-6-11(9-10)14-2/h4-9H,3H2,1-2H3/b8-7+. The van der Waals surface area contributed by atoms with E-state index < -0.39 is 0 Å². The van der Waals surface area contributed by atoms with E-state index >= 15 is 0 Å². The molecule has 0 saturated carbocycles. The second kappa shape index (κ2) is 6.30. The zero-order chi connectivity index (χ0) is 11.1. The second-order valence-electron chi connectivity index (χ2n) is 2.86. The number of hydrogen-bond acceptors (Lipinski definition) is 3. The van der Waals surface area contributed by atoms with Gasteiger partial charge >= 0.3 is 0 Å². The molecule has 1 rings (SSSR count). The van der Waals surface area contributed by atoms with E-state index in [2.05, 4.69) is 0 Å². The van der Waals surface area contributed by atoms with Crippen LogP contribution in [0.4, 0.5) is 0 Å². The highest BCUT2D eigenvalue weighted by atomic mass is 32.2. The first-order chi connectivity index (χ1) is 7.26. The molecule has 0 amide bonds. The maximum atomic E-state index is 11.2. The van der Waals surface area contributed by atoms with Gasteiger partial charge in [-0.1, -0.05) is 36.9 Å². The first kappa shape index (κ1) is 11.9. The van der Waals surface area contributed by atoms with Gasteiger partial charge in [0.15, 0.2) is 0 Å². The Morgan fingerprint density at radius 2 is 2.33 bits per heavy atom. The van der Waals surface area contributed by atoms with Crippen LogP contribution < -0.4 is 4.74 Å². The molecule has 0 aliphatic rings. The van der Waals surface area contributed by atoms with E-state index in [1.54, 1.807) is 19.3 Å². The molecule has 0 fully saturated rings. The average Bonchev–Trinajstić information content (AvgIpc) is 2.27. The summed E-state index contributed by atoms with van der Waals surface area (Å²) in [4.78, 5) is 11.2. The zero-order valence-corrected chi connectivity index (χ0v) is 9.71. The van der Waals surface area contributed by atoms with Crippen LogP contribution >= 0.6 is 11.8 Å². The molecule has 0 saturated heterocycles. The van der Waals surface area contributed by atoms with Gasteiger partial charge in [-0.05, 0) is 29.5 Å². The lowest BCUT2D eigenvalue weighted by Crippen LogP contribution is -1.85. The monoisotopic (exact) mass is 222 g/mol. The van der Waals surface area contributed by atoms with Crippen molar-refractivity contribution in [3.8, 4) is 5.75 Å². The van der Waals surface area contributed by atoms with Crippen molar-refractivity contribution < 1.29 is 9.53 Å². The van der Waals surface area contributed by atoms with Crippen molar-refractivity contribution in [1.29, 1.82) is 0 Å². The molecule has 1 aromatic carbocycles. The van der Waals surface area contributed by atoms with Gasteiger partial charge in [0.2, 0.25) is 5.12 Å². The molecule has 2 nitrogen and oxygen atoms in total. The fraction of sp³-hybridized carbons (Fsp3) is 0.250.